The predicted molar refractivity (Wildman–Crippen MR) is 87.6 cm³/mol. The zero-order chi connectivity index (χ0) is 15.5. The highest BCUT2D eigenvalue weighted by Crippen LogP contribution is 2.24. The van der Waals surface area contributed by atoms with E-state index in [9.17, 15) is 4.79 Å². The molecule has 1 N–H and O–H groups in total. The van der Waals surface area contributed by atoms with Gasteiger partial charge in [0.25, 0.3) is 5.91 Å². The minimum atomic E-state index is -0.106. The summed E-state index contributed by atoms with van der Waals surface area (Å²) in [6.45, 7) is 0.539. The van der Waals surface area contributed by atoms with Gasteiger partial charge in [-0.05, 0) is 23.6 Å². The van der Waals surface area contributed by atoms with Gasteiger partial charge in [0.05, 0.1) is 18.1 Å². The second-order valence-corrected chi connectivity index (χ2v) is 5.82. The van der Waals surface area contributed by atoms with Gasteiger partial charge in [-0.15, -0.1) is 11.3 Å². The van der Waals surface area contributed by atoms with Gasteiger partial charge in [-0.3, -0.25) is 4.79 Å². The summed E-state index contributed by atoms with van der Waals surface area (Å²) in [7, 11) is 3.56. The Morgan fingerprint density at radius 1 is 1.36 bits per heavy atom. The summed E-state index contributed by atoms with van der Waals surface area (Å²) in [5, 5.41) is 4.76. The van der Waals surface area contributed by atoms with Gasteiger partial charge in [-0.2, -0.15) is 0 Å². The van der Waals surface area contributed by atoms with Crippen LogP contribution in [0.5, 0.6) is 5.75 Å². The molecule has 114 valence electrons. The SMILES string of the molecule is COc1ccsc1C(=O)NCCc1nc2ccccc2n1C. The summed E-state index contributed by atoms with van der Waals surface area (Å²) >= 11 is 1.38. The summed E-state index contributed by atoms with van der Waals surface area (Å²) in [5.41, 5.74) is 2.08. The van der Waals surface area contributed by atoms with Crippen LogP contribution in [0.15, 0.2) is 35.7 Å². The number of thiophene rings is 1. The molecule has 0 aliphatic carbocycles. The normalized spacial score (nSPS) is 10.8. The van der Waals surface area contributed by atoms with E-state index in [1.807, 2.05) is 36.7 Å². The Bertz CT molecular complexity index is 807. The van der Waals surface area contributed by atoms with Gasteiger partial charge in [0.2, 0.25) is 0 Å². The van der Waals surface area contributed by atoms with Crippen LogP contribution in [0.2, 0.25) is 0 Å². The second-order valence-electron chi connectivity index (χ2n) is 4.90. The molecule has 0 spiro atoms. The van der Waals surface area contributed by atoms with Crippen LogP contribution in [0.1, 0.15) is 15.5 Å². The molecule has 2 heterocycles. The number of aryl methyl sites for hydroxylation is 1. The van der Waals surface area contributed by atoms with Gasteiger partial charge in [0.1, 0.15) is 16.5 Å². The number of para-hydroxylation sites is 2. The Morgan fingerprint density at radius 3 is 2.95 bits per heavy atom. The number of methoxy groups -OCH3 is 1. The largest absolute Gasteiger partial charge is 0.495 e. The number of carbonyl (C=O) groups excluding carboxylic acids is 1. The number of hydrogen-bond acceptors (Lipinski definition) is 4. The Morgan fingerprint density at radius 2 is 2.18 bits per heavy atom. The zero-order valence-electron chi connectivity index (χ0n) is 12.5. The molecule has 1 aromatic carbocycles. The van der Waals surface area contributed by atoms with E-state index >= 15 is 0 Å². The van der Waals surface area contributed by atoms with Crippen LogP contribution in [-0.4, -0.2) is 29.1 Å². The van der Waals surface area contributed by atoms with Crippen molar-refractivity contribution in [3.8, 4) is 5.75 Å². The van der Waals surface area contributed by atoms with Crippen LogP contribution in [0.4, 0.5) is 0 Å². The van der Waals surface area contributed by atoms with Crippen LogP contribution < -0.4 is 10.1 Å². The molecule has 0 aliphatic heterocycles. The third-order valence-electron chi connectivity index (χ3n) is 3.57. The summed E-state index contributed by atoms with van der Waals surface area (Å²) < 4.78 is 7.23. The lowest BCUT2D eigenvalue weighted by Gasteiger charge is -2.06. The Balaban J connectivity index is 1.65. The first-order valence-corrected chi connectivity index (χ1v) is 7.88. The smallest absolute Gasteiger partial charge is 0.265 e. The number of hydrogen-bond donors (Lipinski definition) is 1. The number of aromatic nitrogens is 2. The molecule has 22 heavy (non-hydrogen) atoms. The number of ether oxygens (including phenoxy) is 1. The average Bonchev–Trinajstić information content (AvgIpc) is 3.13. The van der Waals surface area contributed by atoms with E-state index in [1.165, 1.54) is 11.3 Å². The number of amides is 1. The van der Waals surface area contributed by atoms with Gasteiger partial charge in [-0.25, -0.2) is 4.98 Å². The number of imidazole rings is 1. The average molecular weight is 315 g/mol. The Kier molecular flexibility index (Phi) is 4.11. The number of nitrogens with zero attached hydrogens (tertiary/aromatic N) is 2. The Labute approximate surface area is 132 Å². The first-order chi connectivity index (χ1) is 10.7. The number of benzene rings is 1. The lowest BCUT2D eigenvalue weighted by Crippen LogP contribution is -2.26. The van der Waals surface area contributed by atoms with Gasteiger partial charge < -0.3 is 14.6 Å². The first kappa shape index (κ1) is 14.6. The van der Waals surface area contributed by atoms with Crippen LogP contribution in [0.25, 0.3) is 11.0 Å². The highest BCUT2D eigenvalue weighted by atomic mass is 32.1. The minimum absolute atomic E-state index is 0.106. The Hall–Kier alpha value is -2.34. The van der Waals surface area contributed by atoms with Crippen molar-refractivity contribution >= 4 is 28.3 Å². The minimum Gasteiger partial charge on any atom is -0.495 e. The predicted octanol–water partition coefficient (Wildman–Crippen LogP) is 2.62. The molecule has 0 atom stereocenters. The number of fused-ring (bicyclic) bond motifs is 1. The molecule has 1 amide bonds. The third kappa shape index (κ3) is 2.69. The van der Waals surface area contributed by atoms with Crippen molar-refractivity contribution in [1.82, 2.24) is 14.9 Å². The summed E-state index contributed by atoms with van der Waals surface area (Å²) in [4.78, 5) is 17.3. The van der Waals surface area contributed by atoms with Crippen molar-refractivity contribution in [2.75, 3.05) is 13.7 Å². The molecule has 2 aromatic heterocycles. The van der Waals surface area contributed by atoms with Crippen molar-refractivity contribution in [3.05, 3.63) is 46.4 Å². The molecule has 3 rings (SSSR count). The lowest BCUT2D eigenvalue weighted by atomic mass is 10.3. The van der Waals surface area contributed by atoms with Crippen molar-refractivity contribution in [1.29, 1.82) is 0 Å². The second kappa shape index (κ2) is 6.19. The summed E-state index contributed by atoms with van der Waals surface area (Å²) in [5.74, 6) is 1.47. The maximum atomic E-state index is 12.1. The van der Waals surface area contributed by atoms with Gasteiger partial charge in [0.15, 0.2) is 0 Å². The molecule has 3 aromatic rings. The van der Waals surface area contributed by atoms with Crippen molar-refractivity contribution < 1.29 is 9.53 Å². The topological polar surface area (TPSA) is 56.1 Å². The van der Waals surface area contributed by atoms with E-state index in [4.69, 9.17) is 4.74 Å². The van der Waals surface area contributed by atoms with Gasteiger partial charge in [-0.1, -0.05) is 12.1 Å². The maximum absolute atomic E-state index is 12.1. The molecule has 5 nitrogen and oxygen atoms in total. The molecule has 0 bridgehead atoms. The fourth-order valence-electron chi connectivity index (χ4n) is 2.41. The monoisotopic (exact) mass is 315 g/mol. The van der Waals surface area contributed by atoms with E-state index in [1.54, 1.807) is 13.2 Å². The maximum Gasteiger partial charge on any atom is 0.265 e. The van der Waals surface area contributed by atoms with Crippen LogP contribution in [-0.2, 0) is 13.5 Å². The standard InChI is InChI=1S/C16H17N3O2S/c1-19-12-6-4-3-5-11(12)18-14(19)7-9-17-16(20)15-13(21-2)8-10-22-15/h3-6,8,10H,7,9H2,1-2H3,(H,17,20). The molecule has 0 fully saturated rings. The quantitative estimate of drug-likeness (QED) is 0.787. The molecular weight excluding hydrogens is 298 g/mol. The molecular formula is C16H17N3O2S. The van der Waals surface area contributed by atoms with Crippen molar-refractivity contribution in [3.63, 3.8) is 0 Å². The van der Waals surface area contributed by atoms with Gasteiger partial charge >= 0.3 is 0 Å². The number of carbonyl (C=O) groups is 1. The third-order valence-corrected chi connectivity index (χ3v) is 4.46. The fraction of sp³-hybridized carbons (Fsp3) is 0.250. The molecule has 6 heteroatoms. The molecule has 0 aliphatic rings. The van der Waals surface area contributed by atoms with Gasteiger partial charge in [0, 0.05) is 20.0 Å². The van der Waals surface area contributed by atoms with Crippen LogP contribution in [0, 0.1) is 0 Å². The lowest BCUT2D eigenvalue weighted by molar-refractivity contribution is 0.0955. The van der Waals surface area contributed by atoms with E-state index in [0.29, 0.717) is 23.6 Å². The number of rotatable bonds is 5. The van der Waals surface area contributed by atoms with E-state index in [-0.39, 0.29) is 5.91 Å². The highest BCUT2D eigenvalue weighted by Gasteiger charge is 2.14. The summed E-state index contributed by atoms with van der Waals surface area (Å²) in [6, 6.07) is 9.81. The van der Waals surface area contributed by atoms with Crippen LogP contribution in [0.3, 0.4) is 0 Å². The van der Waals surface area contributed by atoms with E-state index in [0.717, 1.165) is 16.9 Å². The van der Waals surface area contributed by atoms with E-state index < -0.39 is 0 Å². The molecule has 0 saturated heterocycles. The first-order valence-electron chi connectivity index (χ1n) is 7.00. The van der Waals surface area contributed by atoms with Crippen LogP contribution >= 0.6 is 11.3 Å². The molecule has 0 radical (unpaired) electrons. The molecule has 0 unspecified atom stereocenters. The van der Waals surface area contributed by atoms with E-state index in [2.05, 4.69) is 14.9 Å². The highest BCUT2D eigenvalue weighted by molar-refractivity contribution is 7.12. The summed E-state index contributed by atoms with van der Waals surface area (Å²) in [6.07, 6.45) is 0.685. The number of nitrogens with one attached hydrogen (secondary N) is 1. The van der Waals surface area contributed by atoms with Crippen molar-refractivity contribution in [2.24, 2.45) is 7.05 Å². The zero-order valence-corrected chi connectivity index (χ0v) is 13.3. The molecule has 0 saturated carbocycles. The van der Waals surface area contributed by atoms with Crippen molar-refractivity contribution in [2.45, 2.75) is 6.42 Å². The fourth-order valence-corrected chi connectivity index (χ4v) is 3.19.